The van der Waals surface area contributed by atoms with Crippen LogP contribution in [0.2, 0.25) is 5.02 Å². The van der Waals surface area contributed by atoms with Crippen molar-refractivity contribution < 1.29 is 28.5 Å². The minimum Gasteiger partial charge on any atom is -0.496 e. The Morgan fingerprint density at radius 1 is 0.970 bits per heavy atom. The number of unbranched alkanes of at least 4 members (excludes halogenated alkanes) is 1. The molecule has 0 aromatic heterocycles. The van der Waals surface area contributed by atoms with Crippen LogP contribution in [0.15, 0.2) is 30.3 Å². The molecule has 0 fully saturated rings. The van der Waals surface area contributed by atoms with Crippen molar-refractivity contribution in [1.82, 2.24) is 0 Å². The molecule has 0 heterocycles. The number of aryl methyl sites for hydroxylation is 1. The molecule has 1 amide bonds. The largest absolute Gasteiger partial charge is 0.496 e. The predicted molar refractivity (Wildman–Crippen MR) is 129 cm³/mol. The standard InChI is InChI=1S/C25H32ClNO6/c1-5-8-13-33-21-11-9-17(14-23(21)31-6-2)10-12-24(28)27-20-16-22(30-4)18(15-19(20)26)25(29)32-7-3/h9,11,14-16H,5-8,10,12-13H2,1-4H3,(H,27,28). The van der Waals surface area contributed by atoms with E-state index in [0.717, 1.165) is 18.4 Å². The van der Waals surface area contributed by atoms with Crippen LogP contribution < -0.4 is 19.5 Å². The number of benzene rings is 2. The number of carbonyl (C=O) groups is 2. The van der Waals surface area contributed by atoms with E-state index in [0.29, 0.717) is 36.8 Å². The first-order valence-corrected chi connectivity index (χ1v) is 11.5. The summed E-state index contributed by atoms with van der Waals surface area (Å²) in [6.07, 6.45) is 2.77. The van der Waals surface area contributed by atoms with Gasteiger partial charge in [0, 0.05) is 12.5 Å². The van der Waals surface area contributed by atoms with Gasteiger partial charge in [0.05, 0.1) is 37.6 Å². The summed E-state index contributed by atoms with van der Waals surface area (Å²) in [4.78, 5) is 24.6. The molecule has 7 nitrogen and oxygen atoms in total. The van der Waals surface area contributed by atoms with E-state index < -0.39 is 5.97 Å². The fourth-order valence-corrected chi connectivity index (χ4v) is 3.29. The molecule has 0 aliphatic carbocycles. The number of hydrogen-bond acceptors (Lipinski definition) is 6. The van der Waals surface area contributed by atoms with E-state index in [4.69, 9.17) is 30.5 Å². The molecule has 2 aromatic carbocycles. The molecule has 8 heteroatoms. The van der Waals surface area contributed by atoms with Crippen LogP contribution in [0.1, 0.15) is 56.0 Å². The summed E-state index contributed by atoms with van der Waals surface area (Å²) in [5.41, 5.74) is 1.52. The SMILES string of the molecule is CCCCOc1ccc(CCC(=O)Nc2cc(OC)c(C(=O)OCC)cc2Cl)cc1OCC. The van der Waals surface area contributed by atoms with Gasteiger partial charge in [-0.05, 0) is 50.5 Å². The zero-order valence-corrected chi connectivity index (χ0v) is 20.4. The molecule has 0 aliphatic heterocycles. The third-order valence-electron chi connectivity index (χ3n) is 4.76. The molecule has 0 radical (unpaired) electrons. The van der Waals surface area contributed by atoms with Crippen molar-refractivity contribution >= 4 is 29.2 Å². The van der Waals surface area contributed by atoms with Crippen LogP contribution in [0.4, 0.5) is 5.69 Å². The average molecular weight is 478 g/mol. The highest BCUT2D eigenvalue weighted by Gasteiger charge is 2.18. The second kappa shape index (κ2) is 13.6. The van der Waals surface area contributed by atoms with Gasteiger partial charge in [-0.25, -0.2) is 4.79 Å². The third-order valence-corrected chi connectivity index (χ3v) is 5.08. The maximum Gasteiger partial charge on any atom is 0.341 e. The quantitative estimate of drug-likeness (QED) is 0.295. The van der Waals surface area contributed by atoms with Crippen molar-refractivity contribution in [2.45, 2.75) is 46.5 Å². The van der Waals surface area contributed by atoms with Gasteiger partial charge in [-0.15, -0.1) is 0 Å². The molecule has 0 bridgehead atoms. The molecule has 0 atom stereocenters. The number of anilines is 1. The number of halogens is 1. The van der Waals surface area contributed by atoms with Gasteiger partial charge >= 0.3 is 5.97 Å². The van der Waals surface area contributed by atoms with Crippen molar-refractivity contribution in [2.75, 3.05) is 32.2 Å². The summed E-state index contributed by atoms with van der Waals surface area (Å²) in [6.45, 7) is 7.13. The number of rotatable bonds is 13. The maximum absolute atomic E-state index is 12.6. The summed E-state index contributed by atoms with van der Waals surface area (Å²) in [5, 5.41) is 3.00. The van der Waals surface area contributed by atoms with Gasteiger partial charge in [-0.3, -0.25) is 4.79 Å². The highest BCUT2D eigenvalue weighted by molar-refractivity contribution is 6.34. The molecule has 0 spiro atoms. The Bertz CT molecular complexity index is 947. The third kappa shape index (κ3) is 7.86. The van der Waals surface area contributed by atoms with Crippen molar-refractivity contribution in [2.24, 2.45) is 0 Å². The lowest BCUT2D eigenvalue weighted by atomic mass is 10.1. The van der Waals surface area contributed by atoms with Gasteiger partial charge in [0.1, 0.15) is 11.3 Å². The summed E-state index contributed by atoms with van der Waals surface area (Å²) in [7, 11) is 1.43. The Balaban J connectivity index is 2.05. The van der Waals surface area contributed by atoms with Crippen LogP contribution in [0, 0.1) is 0 Å². The number of amides is 1. The van der Waals surface area contributed by atoms with Crippen LogP contribution in [0.25, 0.3) is 0 Å². The fourth-order valence-electron chi connectivity index (χ4n) is 3.08. The molecular formula is C25H32ClNO6. The number of carbonyl (C=O) groups excluding carboxylic acids is 2. The number of hydrogen-bond donors (Lipinski definition) is 1. The molecule has 0 saturated carbocycles. The fraction of sp³-hybridized carbons (Fsp3) is 0.440. The van der Waals surface area contributed by atoms with Gasteiger partial charge in [0.2, 0.25) is 5.91 Å². The van der Waals surface area contributed by atoms with Crippen molar-refractivity contribution in [1.29, 1.82) is 0 Å². The summed E-state index contributed by atoms with van der Waals surface area (Å²) in [6, 6.07) is 8.66. The van der Waals surface area contributed by atoms with Gasteiger partial charge in [-0.2, -0.15) is 0 Å². The van der Waals surface area contributed by atoms with Gasteiger partial charge < -0.3 is 24.3 Å². The van der Waals surface area contributed by atoms with Crippen LogP contribution in [-0.4, -0.2) is 38.8 Å². The van der Waals surface area contributed by atoms with Gasteiger partial charge in [0.25, 0.3) is 0 Å². The molecule has 1 N–H and O–H groups in total. The molecule has 0 saturated heterocycles. The van der Waals surface area contributed by atoms with Crippen LogP contribution >= 0.6 is 11.6 Å². The second-order valence-electron chi connectivity index (χ2n) is 7.22. The normalized spacial score (nSPS) is 10.5. The highest BCUT2D eigenvalue weighted by Crippen LogP contribution is 2.32. The summed E-state index contributed by atoms with van der Waals surface area (Å²) in [5.74, 6) is 0.895. The van der Waals surface area contributed by atoms with E-state index in [2.05, 4.69) is 12.2 Å². The van der Waals surface area contributed by atoms with Gasteiger partial charge in [-0.1, -0.05) is 31.0 Å². The molecule has 180 valence electrons. The van der Waals surface area contributed by atoms with Crippen molar-refractivity contribution in [3.8, 4) is 17.2 Å². The Labute approximate surface area is 200 Å². The molecular weight excluding hydrogens is 446 g/mol. The second-order valence-corrected chi connectivity index (χ2v) is 7.62. The van der Waals surface area contributed by atoms with Crippen molar-refractivity contribution in [3.05, 3.63) is 46.5 Å². The van der Waals surface area contributed by atoms with E-state index in [-0.39, 0.29) is 35.3 Å². The number of ether oxygens (including phenoxy) is 4. The van der Waals surface area contributed by atoms with Crippen LogP contribution in [0.3, 0.4) is 0 Å². The van der Waals surface area contributed by atoms with Crippen LogP contribution in [0.5, 0.6) is 17.2 Å². The minimum atomic E-state index is -0.540. The van der Waals surface area contributed by atoms with E-state index in [1.807, 2.05) is 25.1 Å². The summed E-state index contributed by atoms with van der Waals surface area (Å²) >= 11 is 6.28. The lowest BCUT2D eigenvalue weighted by molar-refractivity contribution is -0.116. The predicted octanol–water partition coefficient (Wildman–Crippen LogP) is 5.67. The Hall–Kier alpha value is -2.93. The molecule has 2 aromatic rings. The van der Waals surface area contributed by atoms with Crippen LogP contribution in [-0.2, 0) is 16.0 Å². The van der Waals surface area contributed by atoms with Crippen molar-refractivity contribution in [3.63, 3.8) is 0 Å². The van der Waals surface area contributed by atoms with E-state index >= 15 is 0 Å². The lowest BCUT2D eigenvalue weighted by Gasteiger charge is -2.14. The van der Waals surface area contributed by atoms with E-state index in [1.54, 1.807) is 6.92 Å². The number of esters is 1. The van der Waals surface area contributed by atoms with E-state index in [1.165, 1.54) is 19.2 Å². The summed E-state index contributed by atoms with van der Waals surface area (Å²) < 4.78 is 21.8. The minimum absolute atomic E-state index is 0.201. The lowest BCUT2D eigenvalue weighted by Crippen LogP contribution is -2.14. The topological polar surface area (TPSA) is 83.1 Å². The first kappa shape index (κ1) is 26.3. The van der Waals surface area contributed by atoms with Gasteiger partial charge in [0.15, 0.2) is 11.5 Å². The maximum atomic E-state index is 12.6. The van der Waals surface area contributed by atoms with E-state index in [9.17, 15) is 9.59 Å². The smallest absolute Gasteiger partial charge is 0.341 e. The Morgan fingerprint density at radius 3 is 2.42 bits per heavy atom. The Morgan fingerprint density at radius 2 is 1.76 bits per heavy atom. The first-order valence-electron chi connectivity index (χ1n) is 11.2. The Kier molecular flexibility index (Phi) is 10.8. The highest BCUT2D eigenvalue weighted by atomic mass is 35.5. The zero-order chi connectivity index (χ0) is 24.2. The average Bonchev–Trinajstić information content (AvgIpc) is 2.80. The monoisotopic (exact) mass is 477 g/mol. The molecule has 0 unspecified atom stereocenters. The molecule has 33 heavy (non-hydrogen) atoms. The first-order chi connectivity index (χ1) is 15.9. The molecule has 2 rings (SSSR count). The zero-order valence-electron chi connectivity index (χ0n) is 19.7. The number of nitrogens with one attached hydrogen (secondary N) is 1. The molecule has 0 aliphatic rings. The number of methoxy groups -OCH3 is 1.